The van der Waals surface area contributed by atoms with E-state index in [1.165, 1.54) is 38.5 Å². The molecule has 0 saturated carbocycles. The van der Waals surface area contributed by atoms with Crippen LogP contribution in [0.4, 0.5) is 11.6 Å². The summed E-state index contributed by atoms with van der Waals surface area (Å²) in [6.45, 7) is 0. The van der Waals surface area contributed by atoms with Crippen LogP contribution in [0, 0.1) is 0 Å². The van der Waals surface area contributed by atoms with Crippen LogP contribution in [0.3, 0.4) is 0 Å². The molecule has 8 nitrogen and oxygen atoms in total. The molecule has 0 aliphatic heterocycles. The molecule has 0 atom stereocenters. The van der Waals surface area contributed by atoms with E-state index in [2.05, 4.69) is 15.3 Å². The Hall–Kier alpha value is -3.03. The number of hydrogen-bond donors (Lipinski definition) is 3. The van der Waals surface area contributed by atoms with Crippen molar-refractivity contribution in [2.24, 2.45) is 0 Å². The highest BCUT2D eigenvalue weighted by molar-refractivity contribution is 6.07. The summed E-state index contributed by atoms with van der Waals surface area (Å²) < 4.78 is 9.96. The monoisotopic (exact) mass is 290 g/mol. The average molecular weight is 290 g/mol. The first-order chi connectivity index (χ1) is 10.0. The van der Waals surface area contributed by atoms with Crippen molar-refractivity contribution in [2.45, 2.75) is 0 Å². The van der Waals surface area contributed by atoms with Gasteiger partial charge >= 0.3 is 0 Å². The number of nitrogens with one attached hydrogen (secondary N) is 1. The summed E-state index contributed by atoms with van der Waals surface area (Å²) in [7, 11) is 2.86. The van der Waals surface area contributed by atoms with Crippen molar-refractivity contribution in [1.82, 2.24) is 9.97 Å². The van der Waals surface area contributed by atoms with Crippen LogP contribution in [0.15, 0.2) is 24.3 Å². The van der Waals surface area contributed by atoms with E-state index in [1.807, 2.05) is 0 Å². The highest BCUT2D eigenvalue weighted by Gasteiger charge is 2.14. The van der Waals surface area contributed by atoms with Crippen LogP contribution in [0.25, 0.3) is 0 Å². The first-order valence-corrected chi connectivity index (χ1v) is 5.90. The maximum atomic E-state index is 12.1. The van der Waals surface area contributed by atoms with Gasteiger partial charge in [0.15, 0.2) is 0 Å². The SMILES string of the molecule is COc1cc(OC)nc(NC(=O)c2cc(O)ccc2N)n1. The van der Waals surface area contributed by atoms with Gasteiger partial charge in [0.25, 0.3) is 5.91 Å². The van der Waals surface area contributed by atoms with Crippen molar-refractivity contribution >= 4 is 17.5 Å². The predicted octanol–water partition coefficient (Wildman–Crippen LogP) is 1.03. The minimum Gasteiger partial charge on any atom is -0.508 e. The van der Waals surface area contributed by atoms with Gasteiger partial charge in [-0.1, -0.05) is 0 Å². The van der Waals surface area contributed by atoms with Crippen molar-refractivity contribution in [2.75, 3.05) is 25.3 Å². The number of phenols is 1. The summed E-state index contributed by atoms with van der Waals surface area (Å²) in [4.78, 5) is 20.1. The number of benzene rings is 1. The van der Waals surface area contributed by atoms with Crippen molar-refractivity contribution in [1.29, 1.82) is 0 Å². The van der Waals surface area contributed by atoms with Crippen molar-refractivity contribution in [3.8, 4) is 17.5 Å². The molecular weight excluding hydrogens is 276 g/mol. The van der Waals surface area contributed by atoms with E-state index in [1.54, 1.807) is 0 Å². The number of carbonyl (C=O) groups excluding carboxylic acids is 1. The number of nitrogens with zero attached hydrogens (tertiary/aromatic N) is 2. The van der Waals surface area contributed by atoms with E-state index in [0.717, 1.165) is 0 Å². The lowest BCUT2D eigenvalue weighted by Gasteiger charge is -2.09. The van der Waals surface area contributed by atoms with Gasteiger partial charge in [-0.05, 0) is 18.2 Å². The predicted molar refractivity (Wildman–Crippen MR) is 75.6 cm³/mol. The van der Waals surface area contributed by atoms with E-state index in [9.17, 15) is 9.90 Å². The molecule has 0 unspecified atom stereocenters. The summed E-state index contributed by atoms with van der Waals surface area (Å²) >= 11 is 0. The number of hydrogen-bond acceptors (Lipinski definition) is 7. The molecule has 2 aromatic rings. The number of carbonyl (C=O) groups is 1. The zero-order valence-electron chi connectivity index (χ0n) is 11.5. The van der Waals surface area contributed by atoms with Crippen LogP contribution in [0.5, 0.6) is 17.5 Å². The molecule has 1 aromatic carbocycles. The fourth-order valence-corrected chi connectivity index (χ4v) is 1.58. The zero-order valence-corrected chi connectivity index (χ0v) is 11.5. The van der Waals surface area contributed by atoms with E-state index in [-0.39, 0.29) is 34.7 Å². The number of ether oxygens (including phenoxy) is 2. The quantitative estimate of drug-likeness (QED) is 0.568. The third-order valence-corrected chi connectivity index (χ3v) is 2.60. The summed E-state index contributed by atoms with van der Waals surface area (Å²) in [5.41, 5.74) is 6.03. The first kappa shape index (κ1) is 14.4. The van der Waals surface area contributed by atoms with Crippen molar-refractivity contribution < 1.29 is 19.4 Å². The smallest absolute Gasteiger partial charge is 0.260 e. The number of phenolic OH excluding ortho intramolecular Hbond substituents is 1. The Balaban J connectivity index is 2.28. The second-order valence-electron chi connectivity index (χ2n) is 4.00. The Kier molecular flexibility index (Phi) is 4.07. The van der Waals surface area contributed by atoms with Crippen molar-refractivity contribution in [3.63, 3.8) is 0 Å². The Bertz CT molecular complexity index is 653. The molecule has 0 saturated heterocycles. The molecule has 0 radical (unpaired) electrons. The van der Waals surface area contributed by atoms with Gasteiger partial charge in [-0.15, -0.1) is 0 Å². The Morgan fingerprint density at radius 3 is 2.38 bits per heavy atom. The number of amides is 1. The highest BCUT2D eigenvalue weighted by Crippen LogP contribution is 2.21. The Morgan fingerprint density at radius 2 is 1.81 bits per heavy atom. The summed E-state index contributed by atoms with van der Waals surface area (Å²) in [5, 5.41) is 11.9. The number of aromatic nitrogens is 2. The number of methoxy groups -OCH3 is 2. The minimum absolute atomic E-state index is 0.000979. The molecule has 0 bridgehead atoms. The van der Waals surface area contributed by atoms with Crippen LogP contribution >= 0.6 is 0 Å². The van der Waals surface area contributed by atoms with Gasteiger partial charge in [0.2, 0.25) is 17.7 Å². The molecule has 1 aromatic heterocycles. The van der Waals surface area contributed by atoms with Gasteiger partial charge < -0.3 is 20.3 Å². The lowest BCUT2D eigenvalue weighted by atomic mass is 10.1. The summed E-state index contributed by atoms with van der Waals surface area (Å²) in [6, 6.07) is 5.54. The molecular formula is C13H14N4O4. The van der Waals surface area contributed by atoms with Gasteiger partial charge in [-0.2, -0.15) is 9.97 Å². The van der Waals surface area contributed by atoms with Crippen LogP contribution in [0.1, 0.15) is 10.4 Å². The Labute approximate surface area is 120 Å². The van der Waals surface area contributed by atoms with E-state index >= 15 is 0 Å². The molecule has 0 spiro atoms. The maximum absolute atomic E-state index is 12.1. The Morgan fingerprint density at radius 1 is 1.19 bits per heavy atom. The molecule has 21 heavy (non-hydrogen) atoms. The normalized spacial score (nSPS) is 10.0. The fourth-order valence-electron chi connectivity index (χ4n) is 1.58. The zero-order chi connectivity index (χ0) is 15.4. The largest absolute Gasteiger partial charge is 0.508 e. The van der Waals surface area contributed by atoms with Gasteiger partial charge in [-0.25, -0.2) is 0 Å². The van der Waals surface area contributed by atoms with Crippen LogP contribution in [-0.4, -0.2) is 35.2 Å². The molecule has 2 rings (SSSR count). The third kappa shape index (κ3) is 3.30. The second kappa shape index (κ2) is 5.95. The van der Waals surface area contributed by atoms with Crippen LogP contribution < -0.4 is 20.5 Å². The van der Waals surface area contributed by atoms with Gasteiger partial charge in [0.1, 0.15) is 5.75 Å². The number of nitrogen functional groups attached to an aromatic ring is 1. The molecule has 0 aliphatic carbocycles. The van der Waals surface area contributed by atoms with Crippen LogP contribution in [-0.2, 0) is 0 Å². The standard InChI is InChI=1S/C13H14N4O4/c1-20-10-6-11(21-2)16-13(15-10)17-12(19)8-5-7(18)3-4-9(8)14/h3-6,18H,14H2,1-2H3,(H,15,16,17,19). The number of anilines is 2. The topological polar surface area (TPSA) is 120 Å². The van der Waals surface area contributed by atoms with Gasteiger partial charge in [0.05, 0.1) is 25.8 Å². The van der Waals surface area contributed by atoms with E-state index in [0.29, 0.717) is 0 Å². The third-order valence-electron chi connectivity index (χ3n) is 2.60. The lowest BCUT2D eigenvalue weighted by molar-refractivity contribution is 0.102. The minimum atomic E-state index is -0.557. The molecule has 8 heteroatoms. The average Bonchev–Trinajstić information content (AvgIpc) is 2.49. The molecule has 0 aliphatic rings. The second-order valence-corrected chi connectivity index (χ2v) is 4.00. The number of rotatable bonds is 4. The summed E-state index contributed by atoms with van der Waals surface area (Å²) in [6.07, 6.45) is 0. The molecule has 4 N–H and O–H groups in total. The molecule has 110 valence electrons. The number of aromatic hydroxyl groups is 1. The van der Waals surface area contributed by atoms with Crippen molar-refractivity contribution in [3.05, 3.63) is 29.8 Å². The van der Waals surface area contributed by atoms with E-state index < -0.39 is 5.91 Å². The molecule has 0 fully saturated rings. The van der Waals surface area contributed by atoms with Gasteiger partial charge in [0, 0.05) is 5.69 Å². The van der Waals surface area contributed by atoms with Crippen LogP contribution in [0.2, 0.25) is 0 Å². The molecule has 1 amide bonds. The lowest BCUT2D eigenvalue weighted by Crippen LogP contribution is -2.16. The molecule has 1 heterocycles. The van der Waals surface area contributed by atoms with E-state index in [4.69, 9.17) is 15.2 Å². The first-order valence-electron chi connectivity index (χ1n) is 5.90. The fraction of sp³-hybridized carbons (Fsp3) is 0.154. The van der Waals surface area contributed by atoms with Gasteiger partial charge in [-0.3, -0.25) is 10.1 Å². The summed E-state index contributed by atoms with van der Waals surface area (Å²) in [5.74, 6) is -0.154. The maximum Gasteiger partial charge on any atom is 0.260 e. The highest BCUT2D eigenvalue weighted by atomic mass is 16.5. The number of nitrogens with two attached hydrogens (primary N) is 1.